The SMILES string of the molecule is CN1CCC(C)(CNCCCCC(C)(C)C#N)CC1. The van der Waals surface area contributed by atoms with E-state index in [1.807, 2.05) is 13.8 Å². The van der Waals surface area contributed by atoms with Crippen LogP contribution in [0.1, 0.15) is 52.9 Å². The average molecular weight is 265 g/mol. The molecule has 1 saturated heterocycles. The van der Waals surface area contributed by atoms with Crippen molar-refractivity contribution in [2.75, 3.05) is 33.2 Å². The van der Waals surface area contributed by atoms with E-state index in [0.29, 0.717) is 5.41 Å². The van der Waals surface area contributed by atoms with Gasteiger partial charge in [0.05, 0.1) is 11.5 Å². The first kappa shape index (κ1) is 16.5. The third kappa shape index (κ3) is 6.40. The molecule has 0 bridgehead atoms. The smallest absolute Gasteiger partial charge is 0.0683 e. The van der Waals surface area contributed by atoms with E-state index >= 15 is 0 Å². The highest BCUT2D eigenvalue weighted by molar-refractivity contribution is 4.91. The first-order valence-corrected chi connectivity index (χ1v) is 7.67. The molecule has 0 atom stereocenters. The van der Waals surface area contributed by atoms with Gasteiger partial charge in [0.2, 0.25) is 0 Å². The van der Waals surface area contributed by atoms with E-state index in [1.165, 1.54) is 32.4 Å². The Morgan fingerprint density at radius 2 is 1.89 bits per heavy atom. The molecule has 3 nitrogen and oxygen atoms in total. The van der Waals surface area contributed by atoms with Crippen LogP contribution in [0.15, 0.2) is 0 Å². The zero-order chi connectivity index (χ0) is 14.4. The molecule has 1 rings (SSSR count). The quantitative estimate of drug-likeness (QED) is 0.719. The molecule has 3 heteroatoms. The molecule has 1 N–H and O–H groups in total. The van der Waals surface area contributed by atoms with Crippen LogP contribution >= 0.6 is 0 Å². The van der Waals surface area contributed by atoms with Gasteiger partial charge in [-0.1, -0.05) is 13.3 Å². The van der Waals surface area contributed by atoms with Crippen LogP contribution in [0.3, 0.4) is 0 Å². The van der Waals surface area contributed by atoms with E-state index < -0.39 is 0 Å². The number of hydrogen-bond donors (Lipinski definition) is 1. The van der Waals surface area contributed by atoms with E-state index in [2.05, 4.69) is 30.3 Å². The largest absolute Gasteiger partial charge is 0.316 e. The maximum Gasteiger partial charge on any atom is 0.0683 e. The van der Waals surface area contributed by atoms with E-state index in [9.17, 15) is 0 Å². The zero-order valence-electron chi connectivity index (χ0n) is 13.3. The second kappa shape index (κ2) is 7.26. The summed E-state index contributed by atoms with van der Waals surface area (Å²) in [7, 11) is 2.21. The molecule has 0 amide bonds. The molecule has 19 heavy (non-hydrogen) atoms. The summed E-state index contributed by atoms with van der Waals surface area (Å²) in [6.45, 7) is 11.2. The van der Waals surface area contributed by atoms with Crippen molar-refractivity contribution < 1.29 is 0 Å². The fourth-order valence-electron chi connectivity index (χ4n) is 2.60. The summed E-state index contributed by atoms with van der Waals surface area (Å²) in [5, 5.41) is 12.6. The lowest BCUT2D eigenvalue weighted by atomic mass is 9.80. The number of hydrogen-bond acceptors (Lipinski definition) is 3. The molecule has 0 radical (unpaired) electrons. The van der Waals surface area contributed by atoms with Crippen molar-refractivity contribution in [1.29, 1.82) is 5.26 Å². The summed E-state index contributed by atoms with van der Waals surface area (Å²) in [5.41, 5.74) is 0.332. The Morgan fingerprint density at radius 1 is 1.26 bits per heavy atom. The summed E-state index contributed by atoms with van der Waals surface area (Å²) in [6.07, 6.45) is 5.94. The van der Waals surface area contributed by atoms with Crippen molar-refractivity contribution in [2.24, 2.45) is 10.8 Å². The van der Waals surface area contributed by atoms with Gasteiger partial charge < -0.3 is 10.2 Å². The lowest BCUT2D eigenvalue weighted by molar-refractivity contribution is 0.137. The lowest BCUT2D eigenvalue weighted by Crippen LogP contribution is -2.42. The molecular weight excluding hydrogens is 234 g/mol. The van der Waals surface area contributed by atoms with Crippen LogP contribution in [-0.4, -0.2) is 38.1 Å². The highest BCUT2D eigenvalue weighted by Gasteiger charge is 2.28. The Bertz CT molecular complexity index is 296. The zero-order valence-corrected chi connectivity index (χ0v) is 13.3. The molecule has 0 aliphatic carbocycles. The van der Waals surface area contributed by atoms with Gasteiger partial charge in [-0.2, -0.15) is 5.26 Å². The van der Waals surface area contributed by atoms with Crippen molar-refractivity contribution in [2.45, 2.75) is 52.9 Å². The van der Waals surface area contributed by atoms with Crippen molar-refractivity contribution in [3.63, 3.8) is 0 Å². The molecule has 1 aliphatic rings. The minimum Gasteiger partial charge on any atom is -0.316 e. The summed E-state index contributed by atoms with van der Waals surface area (Å²) >= 11 is 0. The van der Waals surface area contributed by atoms with Crippen molar-refractivity contribution in [3.8, 4) is 6.07 Å². The molecule has 0 aromatic carbocycles. The lowest BCUT2D eigenvalue weighted by Gasteiger charge is -2.38. The first-order chi connectivity index (χ1) is 8.87. The van der Waals surface area contributed by atoms with Crippen LogP contribution in [0.4, 0.5) is 0 Å². The fraction of sp³-hybridized carbons (Fsp3) is 0.938. The fourth-order valence-corrected chi connectivity index (χ4v) is 2.60. The highest BCUT2D eigenvalue weighted by Crippen LogP contribution is 2.29. The number of nitriles is 1. The Balaban J connectivity index is 2.07. The van der Waals surface area contributed by atoms with Gasteiger partial charge in [-0.15, -0.1) is 0 Å². The van der Waals surface area contributed by atoms with Gasteiger partial charge in [0, 0.05) is 6.54 Å². The molecular formula is C16H31N3. The Labute approximate surface area is 119 Å². The van der Waals surface area contributed by atoms with Crippen LogP contribution in [0.2, 0.25) is 0 Å². The first-order valence-electron chi connectivity index (χ1n) is 7.67. The van der Waals surface area contributed by atoms with Crippen molar-refractivity contribution in [3.05, 3.63) is 0 Å². The topological polar surface area (TPSA) is 39.1 Å². The van der Waals surface area contributed by atoms with Gasteiger partial charge in [-0.05, 0) is 71.6 Å². The number of rotatable bonds is 7. The molecule has 1 aliphatic heterocycles. The van der Waals surface area contributed by atoms with Gasteiger partial charge in [-0.3, -0.25) is 0 Å². The van der Waals surface area contributed by atoms with E-state index in [4.69, 9.17) is 5.26 Å². The molecule has 1 fully saturated rings. The minimum atomic E-state index is -0.153. The maximum atomic E-state index is 8.95. The molecule has 0 aromatic rings. The van der Waals surface area contributed by atoms with Crippen LogP contribution < -0.4 is 5.32 Å². The number of piperidine rings is 1. The summed E-state index contributed by atoms with van der Waals surface area (Å²) < 4.78 is 0. The normalized spacial score (nSPS) is 20.2. The Hall–Kier alpha value is -0.590. The van der Waals surface area contributed by atoms with Gasteiger partial charge >= 0.3 is 0 Å². The van der Waals surface area contributed by atoms with Crippen molar-refractivity contribution >= 4 is 0 Å². The molecule has 110 valence electrons. The van der Waals surface area contributed by atoms with Crippen molar-refractivity contribution in [1.82, 2.24) is 10.2 Å². The average Bonchev–Trinajstić information content (AvgIpc) is 2.38. The molecule has 0 saturated carbocycles. The Kier molecular flexibility index (Phi) is 6.29. The van der Waals surface area contributed by atoms with E-state index in [1.54, 1.807) is 0 Å². The number of nitrogens with zero attached hydrogens (tertiary/aromatic N) is 2. The second-order valence-corrected chi connectivity index (χ2v) is 7.24. The number of likely N-dealkylation sites (tertiary alicyclic amines) is 1. The van der Waals surface area contributed by atoms with Gasteiger partial charge in [0.1, 0.15) is 0 Å². The maximum absolute atomic E-state index is 8.95. The van der Waals surface area contributed by atoms with Crippen LogP contribution in [0, 0.1) is 22.2 Å². The van der Waals surface area contributed by atoms with E-state index in [-0.39, 0.29) is 5.41 Å². The van der Waals surface area contributed by atoms with Gasteiger partial charge in [-0.25, -0.2) is 0 Å². The molecule has 0 aromatic heterocycles. The third-order valence-corrected chi connectivity index (χ3v) is 4.45. The highest BCUT2D eigenvalue weighted by atomic mass is 15.1. The summed E-state index contributed by atoms with van der Waals surface area (Å²) in [4.78, 5) is 2.42. The van der Waals surface area contributed by atoms with Crippen LogP contribution in [0.5, 0.6) is 0 Å². The monoisotopic (exact) mass is 265 g/mol. The van der Waals surface area contributed by atoms with Gasteiger partial charge in [0.15, 0.2) is 0 Å². The van der Waals surface area contributed by atoms with E-state index in [0.717, 1.165) is 25.9 Å². The second-order valence-electron chi connectivity index (χ2n) is 7.24. The number of unbranched alkanes of at least 4 members (excludes halogenated alkanes) is 1. The standard InChI is InChI=1S/C16H31N3/c1-15(2,13-17)7-5-6-10-18-14-16(3)8-11-19(4)12-9-16/h18H,5-12,14H2,1-4H3. The predicted octanol–water partition coefficient (Wildman–Crippen LogP) is 3.03. The van der Waals surface area contributed by atoms with Crippen LogP contribution in [0.25, 0.3) is 0 Å². The van der Waals surface area contributed by atoms with Gasteiger partial charge in [0.25, 0.3) is 0 Å². The number of nitrogens with one attached hydrogen (secondary N) is 1. The molecule has 0 unspecified atom stereocenters. The van der Waals surface area contributed by atoms with Crippen LogP contribution in [-0.2, 0) is 0 Å². The minimum absolute atomic E-state index is 0.153. The Morgan fingerprint density at radius 3 is 2.47 bits per heavy atom. The third-order valence-electron chi connectivity index (χ3n) is 4.45. The molecule has 0 spiro atoms. The summed E-state index contributed by atoms with van der Waals surface area (Å²) in [5.74, 6) is 0. The predicted molar refractivity (Wildman–Crippen MR) is 81.0 cm³/mol. The molecule has 1 heterocycles. The summed E-state index contributed by atoms with van der Waals surface area (Å²) in [6, 6.07) is 2.37.